The lowest BCUT2D eigenvalue weighted by molar-refractivity contribution is -0.115. The highest BCUT2D eigenvalue weighted by Crippen LogP contribution is 2.27. The van der Waals surface area contributed by atoms with Gasteiger partial charge in [-0.15, -0.1) is 0 Å². The first-order valence-electron chi connectivity index (χ1n) is 9.63. The van der Waals surface area contributed by atoms with Gasteiger partial charge in [-0.05, 0) is 17.8 Å². The van der Waals surface area contributed by atoms with Crippen LogP contribution in [-0.2, 0) is 9.53 Å². The van der Waals surface area contributed by atoms with Crippen LogP contribution in [0.1, 0.15) is 5.69 Å². The lowest BCUT2D eigenvalue weighted by atomic mass is 10.3. The van der Waals surface area contributed by atoms with Crippen molar-refractivity contribution >= 4 is 40.6 Å². The Bertz CT molecular complexity index is 980. The molecule has 11 nitrogen and oxygen atoms in total. The van der Waals surface area contributed by atoms with Crippen LogP contribution in [0.4, 0.5) is 16.4 Å². The van der Waals surface area contributed by atoms with Crippen molar-refractivity contribution in [1.82, 2.24) is 25.3 Å². The van der Waals surface area contributed by atoms with E-state index in [4.69, 9.17) is 9.47 Å². The van der Waals surface area contributed by atoms with Gasteiger partial charge >= 0.3 is 0 Å². The predicted octanol–water partition coefficient (Wildman–Crippen LogP) is 0.942. The smallest absolute Gasteiger partial charge is 0.290 e. The molecular weight excluding hydrogens is 422 g/mol. The van der Waals surface area contributed by atoms with E-state index < -0.39 is 11.1 Å². The van der Waals surface area contributed by atoms with E-state index in [2.05, 4.69) is 35.1 Å². The number of carbonyl (C=O) groups excluding carboxylic acids is 2. The number of methoxy groups -OCH3 is 1. The average Bonchev–Trinajstić information content (AvgIpc) is 3.11. The molecule has 2 aliphatic heterocycles. The molecule has 2 saturated heterocycles. The number of nitrogens with one attached hydrogen (secondary N) is 1. The zero-order valence-electron chi connectivity index (χ0n) is 16.9. The van der Waals surface area contributed by atoms with E-state index in [1.165, 1.54) is 6.33 Å². The lowest BCUT2D eigenvalue weighted by Crippen LogP contribution is -2.47. The summed E-state index contributed by atoms with van der Waals surface area (Å²) in [6, 6.07) is 1.64. The second-order valence-corrected chi connectivity index (χ2v) is 7.71. The molecule has 31 heavy (non-hydrogen) atoms. The van der Waals surface area contributed by atoms with Crippen molar-refractivity contribution in [2.24, 2.45) is 0 Å². The van der Waals surface area contributed by atoms with E-state index in [-0.39, 0.29) is 4.91 Å². The molecule has 162 valence electrons. The third-order valence-corrected chi connectivity index (χ3v) is 5.45. The highest BCUT2D eigenvalue weighted by atomic mass is 32.2. The Hall–Kier alpha value is -3.25. The molecule has 2 amide bonds. The minimum Gasteiger partial charge on any atom is -0.475 e. The molecule has 0 saturated carbocycles. The van der Waals surface area contributed by atoms with Crippen LogP contribution in [0.15, 0.2) is 29.7 Å². The Morgan fingerprint density at radius 3 is 2.52 bits per heavy atom. The number of imide groups is 1. The standard InChI is InChI=1S/C19H21N7O4S/c1-29-6-7-30-16-9-13(8-15-17(27)24-19(28)31-15)22-18(23-16)26-4-2-25(3-5-26)14-10-20-12-21-11-14/h8-12H,2-7H2,1H3,(H,24,27,28). The van der Waals surface area contributed by atoms with E-state index in [1.807, 2.05) is 0 Å². The fraction of sp³-hybridized carbons (Fsp3) is 0.368. The van der Waals surface area contributed by atoms with Crippen LogP contribution in [-0.4, -0.2) is 77.6 Å². The first kappa shape index (κ1) is 21.0. The quantitative estimate of drug-likeness (QED) is 0.486. The molecule has 0 radical (unpaired) electrons. The SMILES string of the molecule is COCCOc1cc(C=C2SC(=O)NC2=O)nc(N2CCN(c3cncnc3)CC2)n1. The number of hydrogen-bond acceptors (Lipinski definition) is 11. The Kier molecular flexibility index (Phi) is 6.57. The number of ether oxygens (including phenoxy) is 2. The van der Waals surface area contributed by atoms with Gasteiger partial charge in [0.15, 0.2) is 0 Å². The Morgan fingerprint density at radius 1 is 1.10 bits per heavy atom. The van der Waals surface area contributed by atoms with Crippen LogP contribution in [0.25, 0.3) is 6.08 Å². The molecule has 4 heterocycles. The number of rotatable bonds is 7. The molecule has 2 aromatic rings. The molecule has 2 fully saturated rings. The maximum Gasteiger partial charge on any atom is 0.290 e. The Labute approximate surface area is 182 Å². The first-order chi connectivity index (χ1) is 15.1. The number of thioether (sulfide) groups is 1. The second kappa shape index (κ2) is 9.71. The highest BCUT2D eigenvalue weighted by molar-refractivity contribution is 8.18. The summed E-state index contributed by atoms with van der Waals surface area (Å²) in [5.41, 5.74) is 1.46. The van der Waals surface area contributed by atoms with Crippen LogP contribution in [0.2, 0.25) is 0 Å². The van der Waals surface area contributed by atoms with Gasteiger partial charge in [0, 0.05) is 39.4 Å². The van der Waals surface area contributed by atoms with Gasteiger partial charge in [-0.3, -0.25) is 14.9 Å². The molecule has 0 aromatic carbocycles. The fourth-order valence-corrected chi connectivity index (χ4v) is 3.79. The second-order valence-electron chi connectivity index (χ2n) is 6.70. The summed E-state index contributed by atoms with van der Waals surface area (Å²) in [6.07, 6.45) is 6.66. The van der Waals surface area contributed by atoms with Gasteiger partial charge in [-0.2, -0.15) is 4.98 Å². The van der Waals surface area contributed by atoms with Crippen LogP contribution in [0.3, 0.4) is 0 Å². The van der Waals surface area contributed by atoms with Crippen LogP contribution in [0, 0.1) is 0 Å². The third-order valence-electron chi connectivity index (χ3n) is 4.64. The number of amides is 2. The predicted molar refractivity (Wildman–Crippen MR) is 115 cm³/mol. The molecule has 0 spiro atoms. The molecule has 2 aromatic heterocycles. The van der Waals surface area contributed by atoms with Crippen molar-refractivity contribution in [2.45, 2.75) is 0 Å². The van der Waals surface area contributed by atoms with Crippen molar-refractivity contribution < 1.29 is 19.1 Å². The molecule has 0 unspecified atom stereocenters. The van der Waals surface area contributed by atoms with Crippen molar-refractivity contribution in [1.29, 1.82) is 0 Å². The summed E-state index contributed by atoms with van der Waals surface area (Å²) in [6.45, 7) is 3.66. The summed E-state index contributed by atoms with van der Waals surface area (Å²) >= 11 is 0.843. The van der Waals surface area contributed by atoms with Gasteiger partial charge in [-0.25, -0.2) is 15.0 Å². The van der Waals surface area contributed by atoms with Crippen molar-refractivity contribution in [3.63, 3.8) is 0 Å². The van der Waals surface area contributed by atoms with Gasteiger partial charge in [0.2, 0.25) is 11.8 Å². The van der Waals surface area contributed by atoms with Crippen molar-refractivity contribution in [3.05, 3.63) is 35.4 Å². The molecule has 0 aliphatic carbocycles. The van der Waals surface area contributed by atoms with Gasteiger partial charge in [0.1, 0.15) is 12.9 Å². The average molecular weight is 443 g/mol. The minimum atomic E-state index is -0.435. The van der Waals surface area contributed by atoms with Gasteiger partial charge in [-0.1, -0.05) is 0 Å². The van der Waals surface area contributed by atoms with E-state index in [0.29, 0.717) is 43.8 Å². The number of hydrogen-bond donors (Lipinski definition) is 1. The first-order valence-corrected chi connectivity index (χ1v) is 10.4. The van der Waals surface area contributed by atoms with Gasteiger partial charge < -0.3 is 19.3 Å². The van der Waals surface area contributed by atoms with Crippen LogP contribution in [0.5, 0.6) is 5.88 Å². The molecule has 1 N–H and O–H groups in total. The summed E-state index contributed by atoms with van der Waals surface area (Å²) in [4.78, 5) is 45.2. The van der Waals surface area contributed by atoms with Crippen LogP contribution >= 0.6 is 11.8 Å². The Balaban J connectivity index is 1.53. The lowest BCUT2D eigenvalue weighted by Gasteiger charge is -2.35. The number of anilines is 2. The monoisotopic (exact) mass is 443 g/mol. The Morgan fingerprint density at radius 2 is 1.84 bits per heavy atom. The highest BCUT2D eigenvalue weighted by Gasteiger charge is 2.26. The maximum atomic E-state index is 11.9. The minimum absolute atomic E-state index is 0.284. The fourth-order valence-electron chi connectivity index (χ4n) is 3.12. The third kappa shape index (κ3) is 5.27. The van der Waals surface area contributed by atoms with Crippen molar-refractivity contribution in [2.75, 3.05) is 56.3 Å². The molecule has 4 rings (SSSR count). The van der Waals surface area contributed by atoms with E-state index >= 15 is 0 Å². The van der Waals surface area contributed by atoms with Gasteiger partial charge in [0.25, 0.3) is 11.1 Å². The summed E-state index contributed by atoms with van der Waals surface area (Å²) in [7, 11) is 1.59. The molecule has 0 atom stereocenters. The number of aromatic nitrogens is 4. The molecule has 0 bridgehead atoms. The normalized spacial score (nSPS) is 17.9. The summed E-state index contributed by atoms with van der Waals surface area (Å²) in [5.74, 6) is 0.443. The summed E-state index contributed by atoms with van der Waals surface area (Å²) < 4.78 is 10.7. The van der Waals surface area contributed by atoms with E-state index in [0.717, 1.165) is 30.5 Å². The summed E-state index contributed by atoms with van der Waals surface area (Å²) in [5, 5.41) is 1.84. The zero-order valence-corrected chi connectivity index (χ0v) is 17.7. The zero-order chi connectivity index (χ0) is 21.6. The maximum absolute atomic E-state index is 11.9. The molecule has 12 heteroatoms. The topological polar surface area (TPSA) is 123 Å². The van der Waals surface area contributed by atoms with E-state index in [9.17, 15) is 9.59 Å². The number of piperazine rings is 1. The molecule has 2 aliphatic rings. The molecular formula is C19H21N7O4S. The van der Waals surface area contributed by atoms with E-state index in [1.54, 1.807) is 31.6 Å². The number of nitrogens with zero attached hydrogens (tertiary/aromatic N) is 6. The van der Waals surface area contributed by atoms with Crippen LogP contribution < -0.4 is 19.9 Å². The number of carbonyl (C=O) groups is 2. The van der Waals surface area contributed by atoms with Crippen molar-refractivity contribution in [3.8, 4) is 5.88 Å². The van der Waals surface area contributed by atoms with Gasteiger partial charge in [0.05, 0.1) is 35.3 Å². The largest absolute Gasteiger partial charge is 0.475 e.